The van der Waals surface area contributed by atoms with E-state index in [1.54, 1.807) is 6.07 Å². The highest BCUT2D eigenvalue weighted by Gasteiger charge is 2.33. The summed E-state index contributed by atoms with van der Waals surface area (Å²) in [7, 11) is 0. The van der Waals surface area contributed by atoms with E-state index in [-0.39, 0.29) is 6.79 Å². The number of halogens is 1. The smallest absolute Gasteiger partial charge is 0.231 e. The molecule has 2 heterocycles. The van der Waals surface area contributed by atoms with Gasteiger partial charge in [0.05, 0.1) is 16.3 Å². The number of hydrogen-bond donors (Lipinski definition) is 1. The molecule has 5 nitrogen and oxygen atoms in total. The first-order valence-electron chi connectivity index (χ1n) is 9.79. The summed E-state index contributed by atoms with van der Waals surface area (Å²) < 4.78 is 10.9. The fourth-order valence-corrected chi connectivity index (χ4v) is 4.41. The Morgan fingerprint density at radius 2 is 1.81 bits per heavy atom. The molecule has 5 rings (SSSR count). The molecule has 0 unspecified atom stereocenters. The van der Waals surface area contributed by atoms with Crippen LogP contribution in [-0.2, 0) is 6.42 Å². The van der Waals surface area contributed by atoms with E-state index in [2.05, 4.69) is 4.98 Å². The van der Waals surface area contributed by atoms with Crippen LogP contribution in [0.3, 0.4) is 0 Å². The van der Waals surface area contributed by atoms with Crippen LogP contribution in [0.15, 0.2) is 18.3 Å². The second-order valence-electron chi connectivity index (χ2n) is 8.01. The maximum absolute atomic E-state index is 11.1. The minimum atomic E-state index is -0.689. The average molecular weight is 387 g/mol. The Kier molecular flexibility index (Phi) is 4.25. The second-order valence-corrected chi connectivity index (χ2v) is 8.42. The van der Waals surface area contributed by atoms with E-state index in [0.29, 0.717) is 28.9 Å². The van der Waals surface area contributed by atoms with Gasteiger partial charge in [-0.25, -0.2) is 9.97 Å². The van der Waals surface area contributed by atoms with Crippen molar-refractivity contribution >= 4 is 11.6 Å². The van der Waals surface area contributed by atoms with Gasteiger partial charge in [0, 0.05) is 35.7 Å². The van der Waals surface area contributed by atoms with Gasteiger partial charge in [-0.3, -0.25) is 0 Å². The largest absolute Gasteiger partial charge is 0.454 e. The Labute approximate surface area is 163 Å². The highest BCUT2D eigenvalue weighted by atomic mass is 35.5. The lowest BCUT2D eigenvalue weighted by molar-refractivity contribution is 0.00372. The van der Waals surface area contributed by atoms with Gasteiger partial charge in [-0.1, -0.05) is 30.9 Å². The second kappa shape index (κ2) is 6.64. The van der Waals surface area contributed by atoms with Crippen LogP contribution in [0, 0.1) is 0 Å². The summed E-state index contributed by atoms with van der Waals surface area (Å²) in [6.07, 6.45) is 9.67. The van der Waals surface area contributed by atoms with Crippen molar-refractivity contribution in [3.05, 3.63) is 34.9 Å². The summed E-state index contributed by atoms with van der Waals surface area (Å²) in [6, 6.07) is 3.68. The van der Waals surface area contributed by atoms with Crippen LogP contribution >= 0.6 is 11.6 Å². The minimum absolute atomic E-state index is 0.207. The highest BCUT2D eigenvalue weighted by Crippen LogP contribution is 2.44. The van der Waals surface area contributed by atoms with Gasteiger partial charge in [-0.05, 0) is 31.7 Å². The maximum atomic E-state index is 11.1. The summed E-state index contributed by atoms with van der Waals surface area (Å²) in [5.41, 5.74) is 1.90. The molecule has 3 aliphatic rings. The minimum Gasteiger partial charge on any atom is -0.454 e. The molecule has 1 aromatic carbocycles. The normalized spacial score (nSPS) is 20.7. The van der Waals surface area contributed by atoms with Gasteiger partial charge < -0.3 is 14.6 Å². The molecule has 2 fully saturated rings. The van der Waals surface area contributed by atoms with Gasteiger partial charge in [0.1, 0.15) is 5.82 Å². The average Bonchev–Trinajstić information content (AvgIpc) is 3.41. The summed E-state index contributed by atoms with van der Waals surface area (Å²) in [5, 5.41) is 11.7. The van der Waals surface area contributed by atoms with E-state index in [1.807, 2.05) is 12.3 Å². The predicted octanol–water partition coefficient (Wildman–Crippen LogP) is 4.64. The molecular formula is C21H23ClN2O3. The van der Waals surface area contributed by atoms with E-state index in [9.17, 15) is 5.11 Å². The van der Waals surface area contributed by atoms with E-state index >= 15 is 0 Å². The zero-order chi connectivity index (χ0) is 18.4. The molecule has 2 aromatic rings. The molecule has 0 spiro atoms. The first-order chi connectivity index (χ1) is 13.1. The van der Waals surface area contributed by atoms with Gasteiger partial charge in [0.25, 0.3) is 0 Å². The molecule has 0 amide bonds. The molecule has 1 aliphatic heterocycles. The first kappa shape index (κ1) is 17.3. The summed E-state index contributed by atoms with van der Waals surface area (Å²) in [4.78, 5) is 9.49. The monoisotopic (exact) mass is 386 g/mol. The topological polar surface area (TPSA) is 64.5 Å². The molecule has 1 aromatic heterocycles. The van der Waals surface area contributed by atoms with Crippen molar-refractivity contribution in [1.82, 2.24) is 9.97 Å². The Bertz CT molecular complexity index is 876. The summed E-state index contributed by atoms with van der Waals surface area (Å²) >= 11 is 6.55. The Balaban J connectivity index is 1.57. The molecule has 2 aliphatic carbocycles. The fraction of sp³-hybridized carbons (Fsp3) is 0.524. The van der Waals surface area contributed by atoms with Gasteiger partial charge >= 0.3 is 0 Å². The molecule has 27 heavy (non-hydrogen) atoms. The van der Waals surface area contributed by atoms with Gasteiger partial charge in [-0.15, -0.1) is 0 Å². The van der Waals surface area contributed by atoms with E-state index in [4.69, 9.17) is 26.1 Å². The van der Waals surface area contributed by atoms with Gasteiger partial charge in [-0.2, -0.15) is 0 Å². The van der Waals surface area contributed by atoms with Crippen molar-refractivity contribution in [2.75, 3.05) is 6.79 Å². The third kappa shape index (κ3) is 3.39. The number of rotatable bonds is 4. The number of ether oxygens (including phenoxy) is 2. The molecule has 1 N–H and O–H groups in total. The molecule has 0 atom stereocenters. The Morgan fingerprint density at radius 1 is 1.07 bits per heavy atom. The first-order valence-corrected chi connectivity index (χ1v) is 10.2. The zero-order valence-electron chi connectivity index (χ0n) is 15.2. The number of aliphatic hydroxyl groups is 1. The molecular weight excluding hydrogens is 364 g/mol. The van der Waals surface area contributed by atoms with Crippen molar-refractivity contribution in [2.45, 2.75) is 62.9 Å². The quantitative estimate of drug-likeness (QED) is 0.829. The number of fused-ring (bicyclic) bond motifs is 1. The maximum Gasteiger partial charge on any atom is 0.231 e. The van der Waals surface area contributed by atoms with Crippen LogP contribution in [0.25, 0.3) is 11.1 Å². The van der Waals surface area contributed by atoms with Crippen molar-refractivity contribution in [1.29, 1.82) is 0 Å². The van der Waals surface area contributed by atoms with Crippen LogP contribution in [0.1, 0.15) is 62.4 Å². The highest BCUT2D eigenvalue weighted by molar-refractivity contribution is 6.33. The van der Waals surface area contributed by atoms with Crippen molar-refractivity contribution in [2.24, 2.45) is 0 Å². The van der Waals surface area contributed by atoms with Crippen molar-refractivity contribution in [3.63, 3.8) is 0 Å². The van der Waals surface area contributed by atoms with E-state index in [0.717, 1.165) is 61.2 Å². The predicted molar refractivity (Wildman–Crippen MR) is 102 cm³/mol. The number of nitrogens with zero attached hydrogens (tertiary/aromatic N) is 2. The van der Waals surface area contributed by atoms with Gasteiger partial charge in [0.15, 0.2) is 11.5 Å². The lowest BCUT2D eigenvalue weighted by Crippen LogP contribution is -2.34. The summed E-state index contributed by atoms with van der Waals surface area (Å²) in [5.74, 6) is 2.70. The number of benzene rings is 1. The van der Waals surface area contributed by atoms with Gasteiger partial charge in [0.2, 0.25) is 6.79 Å². The lowest BCUT2D eigenvalue weighted by Gasteiger charge is -2.32. The Hall–Kier alpha value is -1.85. The van der Waals surface area contributed by atoms with E-state index in [1.165, 1.54) is 6.42 Å². The molecule has 0 bridgehead atoms. The van der Waals surface area contributed by atoms with Crippen LogP contribution in [0.4, 0.5) is 0 Å². The Morgan fingerprint density at radius 3 is 2.56 bits per heavy atom. The SMILES string of the molecule is OC1(Cc2nc(C3CC3)ncc2-c2cc3c(cc2Cl)OCO3)CCCCC1. The van der Waals surface area contributed by atoms with Crippen molar-refractivity contribution < 1.29 is 14.6 Å². The molecule has 2 saturated carbocycles. The molecule has 0 saturated heterocycles. The number of aromatic nitrogens is 2. The molecule has 0 radical (unpaired) electrons. The van der Waals surface area contributed by atoms with E-state index < -0.39 is 5.60 Å². The lowest BCUT2D eigenvalue weighted by atomic mass is 9.80. The standard InChI is InChI=1S/C21H23ClN2O3/c22-16-9-19-18(26-12-27-19)8-14(16)15-11-23-20(13-4-5-13)24-17(15)10-21(25)6-2-1-3-7-21/h8-9,11,13,25H,1-7,10,12H2. The number of hydrogen-bond acceptors (Lipinski definition) is 5. The summed E-state index contributed by atoms with van der Waals surface area (Å²) in [6.45, 7) is 0.207. The third-order valence-electron chi connectivity index (χ3n) is 5.86. The third-order valence-corrected chi connectivity index (χ3v) is 6.17. The van der Waals surface area contributed by atoms with Crippen LogP contribution in [-0.4, -0.2) is 27.5 Å². The van der Waals surface area contributed by atoms with Crippen LogP contribution < -0.4 is 9.47 Å². The zero-order valence-corrected chi connectivity index (χ0v) is 16.0. The van der Waals surface area contributed by atoms with Crippen LogP contribution in [0.2, 0.25) is 5.02 Å². The van der Waals surface area contributed by atoms with Crippen molar-refractivity contribution in [3.8, 4) is 22.6 Å². The molecule has 142 valence electrons. The molecule has 6 heteroatoms. The fourth-order valence-electron chi connectivity index (χ4n) is 4.15. The van der Waals surface area contributed by atoms with Crippen LogP contribution in [0.5, 0.6) is 11.5 Å².